The third kappa shape index (κ3) is 3.45. The highest BCUT2D eigenvalue weighted by atomic mass is 16.5. The van der Waals surface area contributed by atoms with E-state index in [1.165, 1.54) is 0 Å². The molecule has 19 heavy (non-hydrogen) atoms. The number of ether oxygens (including phenoxy) is 2. The maximum absolute atomic E-state index is 11.9. The molecule has 0 saturated carbocycles. The number of hydrogen-bond acceptors (Lipinski definition) is 4. The van der Waals surface area contributed by atoms with Gasteiger partial charge in [-0.15, -0.1) is 0 Å². The zero-order chi connectivity index (χ0) is 13.7. The molecule has 1 saturated heterocycles. The van der Waals surface area contributed by atoms with E-state index in [2.05, 4.69) is 5.32 Å². The molecule has 0 radical (unpaired) electrons. The van der Waals surface area contributed by atoms with Gasteiger partial charge < -0.3 is 20.5 Å². The fourth-order valence-electron chi connectivity index (χ4n) is 2.08. The van der Waals surface area contributed by atoms with Crippen molar-refractivity contribution < 1.29 is 14.3 Å². The van der Waals surface area contributed by atoms with Gasteiger partial charge in [0.2, 0.25) is 5.91 Å². The molecule has 0 aromatic heterocycles. The van der Waals surface area contributed by atoms with Crippen LogP contribution in [0.4, 0.5) is 0 Å². The lowest BCUT2D eigenvalue weighted by atomic mass is 9.99. The number of hydrogen-bond donors (Lipinski definition) is 2. The molecule has 1 atom stereocenters. The smallest absolute Gasteiger partial charge is 0.242 e. The molecule has 5 nitrogen and oxygen atoms in total. The summed E-state index contributed by atoms with van der Waals surface area (Å²) in [6.07, 6.45) is 1.33. The van der Waals surface area contributed by atoms with Crippen LogP contribution in [0.2, 0.25) is 0 Å². The van der Waals surface area contributed by atoms with Gasteiger partial charge in [0.15, 0.2) is 0 Å². The summed E-state index contributed by atoms with van der Waals surface area (Å²) in [5.41, 5.74) is 6.24. The van der Waals surface area contributed by atoms with Gasteiger partial charge in [0.05, 0.1) is 13.7 Å². The molecule has 5 heteroatoms. The minimum Gasteiger partial charge on any atom is -0.497 e. The van der Waals surface area contributed by atoms with Crippen LogP contribution in [0.1, 0.15) is 12.0 Å². The molecule has 0 spiro atoms. The molecule has 1 aromatic carbocycles. The van der Waals surface area contributed by atoms with Crippen molar-refractivity contribution in [2.75, 3.05) is 26.9 Å². The normalized spacial score (nSPS) is 22.2. The van der Waals surface area contributed by atoms with Crippen molar-refractivity contribution in [3.8, 4) is 5.75 Å². The summed E-state index contributed by atoms with van der Waals surface area (Å²) < 4.78 is 10.3. The number of amides is 1. The average Bonchev–Trinajstić information content (AvgIpc) is 2.87. The summed E-state index contributed by atoms with van der Waals surface area (Å²) in [6, 6.07) is 7.80. The molecule has 1 aromatic rings. The van der Waals surface area contributed by atoms with Crippen LogP contribution >= 0.6 is 0 Å². The quantitative estimate of drug-likeness (QED) is 0.811. The highest BCUT2D eigenvalue weighted by Crippen LogP contribution is 2.16. The van der Waals surface area contributed by atoms with Crippen molar-refractivity contribution in [2.45, 2.75) is 18.4 Å². The van der Waals surface area contributed by atoms with Crippen LogP contribution < -0.4 is 15.8 Å². The van der Waals surface area contributed by atoms with Crippen molar-refractivity contribution in [1.82, 2.24) is 5.32 Å². The third-order valence-electron chi connectivity index (χ3n) is 3.34. The maximum Gasteiger partial charge on any atom is 0.242 e. The summed E-state index contributed by atoms with van der Waals surface area (Å²) in [7, 11) is 1.64. The second-order valence-electron chi connectivity index (χ2n) is 4.82. The van der Waals surface area contributed by atoms with E-state index in [4.69, 9.17) is 15.2 Å². The first-order valence-electron chi connectivity index (χ1n) is 6.42. The molecule has 1 heterocycles. The maximum atomic E-state index is 11.9. The Labute approximate surface area is 113 Å². The molecule has 1 unspecified atom stereocenters. The Balaban J connectivity index is 1.81. The van der Waals surface area contributed by atoms with Crippen LogP contribution in [0.15, 0.2) is 24.3 Å². The number of rotatable bonds is 5. The van der Waals surface area contributed by atoms with Gasteiger partial charge >= 0.3 is 0 Å². The molecule has 0 bridgehead atoms. The van der Waals surface area contributed by atoms with Gasteiger partial charge in [-0.3, -0.25) is 4.79 Å². The van der Waals surface area contributed by atoms with Crippen molar-refractivity contribution in [3.05, 3.63) is 29.8 Å². The Morgan fingerprint density at radius 1 is 1.58 bits per heavy atom. The minimum absolute atomic E-state index is 0.132. The molecule has 2 rings (SSSR count). The van der Waals surface area contributed by atoms with Crippen LogP contribution in [0, 0.1) is 0 Å². The summed E-state index contributed by atoms with van der Waals surface area (Å²) >= 11 is 0. The molecule has 0 aliphatic carbocycles. The molecule has 3 N–H and O–H groups in total. The SMILES string of the molecule is COc1cccc(CCNC(=O)C2(N)CCOC2)c1. The predicted molar refractivity (Wildman–Crippen MR) is 72.1 cm³/mol. The lowest BCUT2D eigenvalue weighted by molar-refractivity contribution is -0.126. The second-order valence-corrected chi connectivity index (χ2v) is 4.82. The summed E-state index contributed by atoms with van der Waals surface area (Å²) in [4.78, 5) is 11.9. The average molecular weight is 264 g/mol. The lowest BCUT2D eigenvalue weighted by Crippen LogP contribution is -2.54. The van der Waals surface area contributed by atoms with Crippen LogP contribution in [0.25, 0.3) is 0 Å². The lowest BCUT2D eigenvalue weighted by Gasteiger charge is -2.20. The van der Waals surface area contributed by atoms with Crippen LogP contribution in [0.3, 0.4) is 0 Å². The Kier molecular flexibility index (Phi) is 4.39. The first kappa shape index (κ1) is 13.8. The van der Waals surface area contributed by atoms with E-state index in [-0.39, 0.29) is 5.91 Å². The molecule has 1 aliphatic rings. The van der Waals surface area contributed by atoms with Gasteiger partial charge in [0, 0.05) is 13.2 Å². The van der Waals surface area contributed by atoms with E-state index in [1.54, 1.807) is 7.11 Å². The van der Waals surface area contributed by atoms with E-state index < -0.39 is 5.54 Å². The number of nitrogens with one attached hydrogen (secondary N) is 1. The van der Waals surface area contributed by atoms with Gasteiger partial charge in [0.1, 0.15) is 11.3 Å². The zero-order valence-electron chi connectivity index (χ0n) is 11.1. The van der Waals surface area contributed by atoms with Gasteiger partial charge in [-0.05, 0) is 30.5 Å². The van der Waals surface area contributed by atoms with Crippen molar-refractivity contribution in [3.63, 3.8) is 0 Å². The van der Waals surface area contributed by atoms with E-state index in [0.29, 0.717) is 26.2 Å². The fourth-order valence-corrected chi connectivity index (χ4v) is 2.08. The van der Waals surface area contributed by atoms with Crippen molar-refractivity contribution in [1.29, 1.82) is 0 Å². The van der Waals surface area contributed by atoms with Crippen LogP contribution in [-0.4, -0.2) is 38.3 Å². The van der Waals surface area contributed by atoms with Crippen LogP contribution in [-0.2, 0) is 16.0 Å². The highest BCUT2D eigenvalue weighted by molar-refractivity contribution is 5.86. The predicted octanol–water partition coefficient (Wildman–Crippen LogP) is 0.472. The number of benzene rings is 1. The number of methoxy groups -OCH3 is 1. The first-order chi connectivity index (χ1) is 9.14. The van der Waals surface area contributed by atoms with Crippen molar-refractivity contribution in [2.24, 2.45) is 5.73 Å². The topological polar surface area (TPSA) is 73.6 Å². The third-order valence-corrected chi connectivity index (χ3v) is 3.34. The summed E-state index contributed by atoms with van der Waals surface area (Å²) in [5.74, 6) is 0.691. The molecule has 1 amide bonds. The van der Waals surface area contributed by atoms with Gasteiger partial charge in [0.25, 0.3) is 0 Å². The van der Waals surface area contributed by atoms with E-state index in [0.717, 1.165) is 17.7 Å². The van der Waals surface area contributed by atoms with E-state index >= 15 is 0 Å². The van der Waals surface area contributed by atoms with E-state index in [1.807, 2.05) is 24.3 Å². The number of carbonyl (C=O) groups excluding carboxylic acids is 1. The monoisotopic (exact) mass is 264 g/mol. The second kappa shape index (κ2) is 6.04. The first-order valence-corrected chi connectivity index (χ1v) is 6.42. The Morgan fingerprint density at radius 3 is 3.11 bits per heavy atom. The molecular formula is C14H20N2O3. The van der Waals surface area contributed by atoms with Gasteiger partial charge in [-0.1, -0.05) is 12.1 Å². The van der Waals surface area contributed by atoms with Crippen molar-refractivity contribution >= 4 is 5.91 Å². The molecule has 1 fully saturated rings. The molecule has 1 aliphatic heterocycles. The standard InChI is InChI=1S/C14H20N2O3/c1-18-12-4-2-3-11(9-12)5-7-16-13(17)14(15)6-8-19-10-14/h2-4,9H,5-8,10,15H2,1H3,(H,16,17). The minimum atomic E-state index is -0.853. The fraction of sp³-hybridized carbons (Fsp3) is 0.500. The Hall–Kier alpha value is -1.59. The Morgan fingerprint density at radius 2 is 2.42 bits per heavy atom. The van der Waals surface area contributed by atoms with Gasteiger partial charge in [-0.2, -0.15) is 0 Å². The summed E-state index contributed by atoms with van der Waals surface area (Å²) in [5, 5.41) is 2.87. The van der Waals surface area contributed by atoms with Gasteiger partial charge in [-0.25, -0.2) is 0 Å². The zero-order valence-corrected chi connectivity index (χ0v) is 11.1. The largest absolute Gasteiger partial charge is 0.497 e. The molecule has 104 valence electrons. The van der Waals surface area contributed by atoms with E-state index in [9.17, 15) is 4.79 Å². The number of carbonyl (C=O) groups is 1. The Bertz CT molecular complexity index is 442. The van der Waals surface area contributed by atoms with Crippen LogP contribution in [0.5, 0.6) is 5.75 Å². The highest BCUT2D eigenvalue weighted by Gasteiger charge is 2.37. The number of nitrogens with two attached hydrogens (primary N) is 1. The summed E-state index contributed by atoms with van der Waals surface area (Å²) in [6.45, 7) is 1.42. The molecular weight excluding hydrogens is 244 g/mol.